The van der Waals surface area contributed by atoms with Crippen molar-refractivity contribution in [3.63, 3.8) is 0 Å². The lowest BCUT2D eigenvalue weighted by molar-refractivity contribution is 0.599. The van der Waals surface area contributed by atoms with Gasteiger partial charge in [-0.15, -0.1) is 0 Å². The number of rotatable bonds is 0. The van der Waals surface area contributed by atoms with E-state index in [4.69, 9.17) is 0 Å². The van der Waals surface area contributed by atoms with Crippen LogP contribution in [0.2, 0.25) is 0 Å². The maximum Gasteiger partial charge on any atom is 0.208 e. The van der Waals surface area contributed by atoms with E-state index >= 15 is 0 Å². The lowest BCUT2D eigenvalue weighted by Gasteiger charge is -2.04. The molecule has 0 aliphatic carbocycles. The molecule has 0 unspecified atom stereocenters. The molecule has 0 aromatic heterocycles. The molecule has 1 aliphatic heterocycles. The Morgan fingerprint density at radius 2 is 1.42 bits per heavy atom. The molecule has 3 aromatic carbocycles. The Kier molecular flexibility index (Phi) is 1.96. The van der Waals surface area contributed by atoms with Crippen LogP contribution in [-0.4, -0.2) is 8.42 Å². The van der Waals surface area contributed by atoms with E-state index in [9.17, 15) is 8.42 Å². The standard InChI is InChI=1S/C16H10O2S/c17-19(18)15-8-4-3-7-13(15)14-10-9-11-5-1-2-6-12(11)16(14)19/h1-10H. The summed E-state index contributed by atoms with van der Waals surface area (Å²) in [7, 11) is -3.39. The fourth-order valence-corrected chi connectivity index (χ4v) is 4.67. The first kappa shape index (κ1) is 10.8. The SMILES string of the molecule is O=S1(=O)c2ccccc2-c2ccc3ccccc3c21. The second-order valence-corrected chi connectivity index (χ2v) is 6.52. The average Bonchev–Trinajstić information content (AvgIpc) is 2.68. The van der Waals surface area contributed by atoms with Crippen LogP contribution < -0.4 is 0 Å². The molecule has 3 heteroatoms. The Morgan fingerprint density at radius 1 is 0.684 bits per heavy atom. The Hall–Kier alpha value is -2.13. The molecule has 0 radical (unpaired) electrons. The van der Waals surface area contributed by atoms with E-state index in [0.29, 0.717) is 9.79 Å². The highest BCUT2D eigenvalue weighted by molar-refractivity contribution is 7.92. The van der Waals surface area contributed by atoms with Gasteiger partial charge in [0.2, 0.25) is 9.84 Å². The van der Waals surface area contributed by atoms with Crippen molar-refractivity contribution in [3.8, 4) is 11.1 Å². The minimum Gasteiger partial charge on any atom is -0.218 e. The zero-order chi connectivity index (χ0) is 13.0. The molecule has 4 rings (SSSR count). The van der Waals surface area contributed by atoms with Crippen molar-refractivity contribution in [2.24, 2.45) is 0 Å². The van der Waals surface area contributed by atoms with Crippen molar-refractivity contribution in [2.75, 3.05) is 0 Å². The molecule has 0 atom stereocenters. The summed E-state index contributed by atoms with van der Waals surface area (Å²) in [5.74, 6) is 0. The number of sulfone groups is 1. The third kappa shape index (κ3) is 1.28. The fraction of sp³-hybridized carbons (Fsp3) is 0. The van der Waals surface area contributed by atoms with Gasteiger partial charge < -0.3 is 0 Å². The topological polar surface area (TPSA) is 34.1 Å². The lowest BCUT2D eigenvalue weighted by Crippen LogP contribution is -1.97. The number of benzene rings is 3. The van der Waals surface area contributed by atoms with Gasteiger partial charge in [-0.25, -0.2) is 8.42 Å². The Balaban J connectivity index is 2.27. The van der Waals surface area contributed by atoms with Gasteiger partial charge in [-0.3, -0.25) is 0 Å². The van der Waals surface area contributed by atoms with Gasteiger partial charge in [0.1, 0.15) is 0 Å². The summed E-state index contributed by atoms with van der Waals surface area (Å²) < 4.78 is 25.4. The molecule has 3 aromatic rings. The largest absolute Gasteiger partial charge is 0.218 e. The van der Waals surface area contributed by atoms with Gasteiger partial charge in [0.25, 0.3) is 0 Å². The number of hydrogen-bond acceptors (Lipinski definition) is 2. The monoisotopic (exact) mass is 266 g/mol. The van der Waals surface area contributed by atoms with E-state index in [-0.39, 0.29) is 0 Å². The smallest absolute Gasteiger partial charge is 0.208 e. The molecule has 0 N–H and O–H groups in total. The second kappa shape index (κ2) is 3.45. The second-order valence-electron chi connectivity index (χ2n) is 4.66. The summed E-state index contributed by atoms with van der Waals surface area (Å²) in [5.41, 5.74) is 1.62. The van der Waals surface area contributed by atoms with Crippen LogP contribution in [0, 0.1) is 0 Å². The molecule has 1 heterocycles. The van der Waals surface area contributed by atoms with E-state index < -0.39 is 9.84 Å². The normalized spacial score (nSPS) is 15.2. The van der Waals surface area contributed by atoms with Gasteiger partial charge in [0.05, 0.1) is 9.79 Å². The Bertz CT molecular complexity index is 924. The highest BCUT2D eigenvalue weighted by atomic mass is 32.2. The summed E-state index contributed by atoms with van der Waals surface area (Å²) in [6.07, 6.45) is 0. The molecular weight excluding hydrogens is 256 g/mol. The van der Waals surface area contributed by atoms with Crippen LogP contribution in [0.15, 0.2) is 70.5 Å². The van der Waals surface area contributed by atoms with Crippen molar-refractivity contribution in [1.82, 2.24) is 0 Å². The average molecular weight is 266 g/mol. The molecule has 0 saturated heterocycles. The van der Waals surface area contributed by atoms with Gasteiger partial charge in [0.15, 0.2) is 0 Å². The van der Waals surface area contributed by atoms with Crippen LogP contribution in [-0.2, 0) is 9.84 Å². The van der Waals surface area contributed by atoms with Gasteiger partial charge in [-0.05, 0) is 11.5 Å². The first-order valence-corrected chi connectivity index (χ1v) is 7.54. The summed E-state index contributed by atoms with van der Waals surface area (Å²) in [4.78, 5) is 0.869. The van der Waals surface area contributed by atoms with Crippen LogP contribution in [0.25, 0.3) is 21.9 Å². The van der Waals surface area contributed by atoms with Crippen molar-refractivity contribution >= 4 is 20.6 Å². The van der Waals surface area contributed by atoms with Crippen molar-refractivity contribution in [1.29, 1.82) is 0 Å². The maximum atomic E-state index is 12.7. The molecule has 0 spiro atoms. The van der Waals surface area contributed by atoms with Crippen LogP contribution in [0.4, 0.5) is 0 Å². The van der Waals surface area contributed by atoms with Crippen LogP contribution in [0.1, 0.15) is 0 Å². The number of hydrogen-bond donors (Lipinski definition) is 0. The van der Waals surface area contributed by atoms with Crippen LogP contribution in [0.3, 0.4) is 0 Å². The molecule has 0 bridgehead atoms. The molecule has 0 saturated carbocycles. The molecule has 0 amide bonds. The first-order chi connectivity index (χ1) is 9.19. The molecule has 92 valence electrons. The Labute approximate surface area is 111 Å². The van der Waals surface area contributed by atoms with E-state index in [2.05, 4.69) is 0 Å². The zero-order valence-corrected chi connectivity index (χ0v) is 10.8. The fourth-order valence-electron chi connectivity index (χ4n) is 2.78. The highest BCUT2D eigenvalue weighted by Gasteiger charge is 2.33. The van der Waals surface area contributed by atoms with Gasteiger partial charge in [-0.1, -0.05) is 54.6 Å². The van der Waals surface area contributed by atoms with Gasteiger partial charge in [0, 0.05) is 16.5 Å². The predicted molar refractivity (Wildman–Crippen MR) is 74.8 cm³/mol. The zero-order valence-electron chi connectivity index (χ0n) is 10.00. The molecule has 19 heavy (non-hydrogen) atoms. The quantitative estimate of drug-likeness (QED) is 0.487. The molecule has 0 fully saturated rings. The van der Waals surface area contributed by atoms with Gasteiger partial charge >= 0.3 is 0 Å². The summed E-state index contributed by atoms with van der Waals surface area (Å²) in [6, 6.07) is 18.7. The Morgan fingerprint density at radius 3 is 2.32 bits per heavy atom. The summed E-state index contributed by atoms with van der Waals surface area (Å²) in [6.45, 7) is 0. The summed E-state index contributed by atoms with van der Waals surface area (Å²) >= 11 is 0. The minimum atomic E-state index is -3.39. The maximum absolute atomic E-state index is 12.7. The molecular formula is C16H10O2S. The summed E-state index contributed by atoms with van der Waals surface area (Å²) in [5, 5.41) is 1.76. The van der Waals surface area contributed by atoms with E-state index in [1.807, 2.05) is 48.5 Å². The lowest BCUT2D eigenvalue weighted by atomic mass is 10.0. The van der Waals surface area contributed by atoms with E-state index in [1.54, 1.807) is 12.1 Å². The molecule has 2 nitrogen and oxygen atoms in total. The van der Waals surface area contributed by atoms with Crippen molar-refractivity contribution in [3.05, 3.63) is 60.7 Å². The van der Waals surface area contributed by atoms with Crippen LogP contribution >= 0.6 is 0 Å². The molecule has 1 aliphatic rings. The van der Waals surface area contributed by atoms with Crippen molar-refractivity contribution < 1.29 is 8.42 Å². The van der Waals surface area contributed by atoms with E-state index in [0.717, 1.165) is 21.9 Å². The number of fused-ring (bicyclic) bond motifs is 5. The van der Waals surface area contributed by atoms with E-state index in [1.165, 1.54) is 0 Å². The predicted octanol–water partition coefficient (Wildman–Crippen LogP) is 3.65. The third-order valence-electron chi connectivity index (χ3n) is 3.62. The van der Waals surface area contributed by atoms with Crippen molar-refractivity contribution in [2.45, 2.75) is 9.79 Å². The first-order valence-electron chi connectivity index (χ1n) is 6.06. The highest BCUT2D eigenvalue weighted by Crippen LogP contribution is 2.45. The van der Waals surface area contributed by atoms with Crippen LogP contribution in [0.5, 0.6) is 0 Å². The van der Waals surface area contributed by atoms with Gasteiger partial charge in [-0.2, -0.15) is 0 Å². The third-order valence-corrected chi connectivity index (χ3v) is 5.53. The minimum absolute atomic E-state index is 0.418.